The van der Waals surface area contributed by atoms with Gasteiger partial charge in [-0.15, -0.1) is 0 Å². The van der Waals surface area contributed by atoms with Gasteiger partial charge in [0.25, 0.3) is 0 Å². The van der Waals surface area contributed by atoms with Crippen molar-refractivity contribution in [3.05, 3.63) is 0 Å². The number of ether oxygens (including phenoxy) is 1. The van der Waals surface area contributed by atoms with Crippen LogP contribution in [0.2, 0.25) is 0 Å². The number of amides is 1. The highest BCUT2D eigenvalue weighted by Gasteiger charge is 2.30. The summed E-state index contributed by atoms with van der Waals surface area (Å²) in [7, 11) is 0. The predicted octanol–water partition coefficient (Wildman–Crippen LogP) is -0.965. The van der Waals surface area contributed by atoms with Gasteiger partial charge < -0.3 is 10.5 Å². The van der Waals surface area contributed by atoms with E-state index in [1.54, 1.807) is 0 Å². The predicted molar refractivity (Wildman–Crippen MR) is 28.3 cm³/mol. The zero-order valence-electron chi connectivity index (χ0n) is 4.79. The minimum Gasteiger partial charge on any atom is -0.465 e. The number of hydrogen-bond acceptors (Lipinski definition) is 3. The Bertz CT molecular complexity index is 154. The van der Waals surface area contributed by atoms with Crippen molar-refractivity contribution in [1.29, 1.82) is 0 Å². The van der Waals surface area contributed by atoms with Gasteiger partial charge in [0.2, 0.25) is 5.91 Å². The molecule has 4 heteroatoms. The SMILES string of the molecule is NC(=O)[C@@H]1CCOC1=O. The molecule has 0 saturated carbocycles. The van der Waals surface area contributed by atoms with Crippen LogP contribution in [0.5, 0.6) is 0 Å². The highest BCUT2D eigenvalue weighted by molar-refractivity contribution is 5.97. The van der Waals surface area contributed by atoms with Crippen LogP contribution in [0.1, 0.15) is 6.42 Å². The van der Waals surface area contributed by atoms with Gasteiger partial charge in [-0.3, -0.25) is 9.59 Å². The van der Waals surface area contributed by atoms with Crippen LogP contribution in [0.25, 0.3) is 0 Å². The molecule has 0 bridgehead atoms. The number of nitrogens with two attached hydrogens (primary N) is 1. The molecule has 2 N–H and O–H groups in total. The normalized spacial score (nSPS) is 25.8. The third kappa shape index (κ3) is 1.01. The van der Waals surface area contributed by atoms with Crippen LogP contribution in [-0.4, -0.2) is 18.5 Å². The van der Waals surface area contributed by atoms with Crippen LogP contribution in [0.15, 0.2) is 0 Å². The van der Waals surface area contributed by atoms with E-state index in [2.05, 4.69) is 4.74 Å². The summed E-state index contributed by atoms with van der Waals surface area (Å²) in [6.07, 6.45) is 0.439. The Morgan fingerprint density at radius 3 is 2.67 bits per heavy atom. The third-order valence-corrected chi connectivity index (χ3v) is 1.28. The maximum absolute atomic E-state index is 10.5. The number of esters is 1. The number of primary amides is 1. The van der Waals surface area contributed by atoms with Crippen LogP contribution >= 0.6 is 0 Å². The number of cyclic esters (lactones) is 1. The van der Waals surface area contributed by atoms with Gasteiger partial charge in [0, 0.05) is 6.42 Å². The number of carbonyl (C=O) groups is 2. The highest BCUT2D eigenvalue weighted by Crippen LogP contribution is 2.12. The molecular formula is C5H7NO3. The van der Waals surface area contributed by atoms with E-state index in [0.717, 1.165) is 0 Å². The van der Waals surface area contributed by atoms with E-state index in [1.807, 2.05) is 0 Å². The van der Waals surface area contributed by atoms with E-state index in [-0.39, 0.29) is 0 Å². The van der Waals surface area contributed by atoms with Crippen molar-refractivity contribution in [2.75, 3.05) is 6.61 Å². The van der Waals surface area contributed by atoms with Crippen LogP contribution in [0.4, 0.5) is 0 Å². The van der Waals surface area contributed by atoms with Gasteiger partial charge in [-0.05, 0) is 0 Å². The molecular weight excluding hydrogens is 122 g/mol. The monoisotopic (exact) mass is 129 g/mol. The summed E-state index contributed by atoms with van der Waals surface area (Å²) in [5, 5.41) is 0. The van der Waals surface area contributed by atoms with Gasteiger partial charge in [0.05, 0.1) is 6.61 Å². The van der Waals surface area contributed by atoms with E-state index >= 15 is 0 Å². The minimum atomic E-state index is -0.690. The molecule has 0 aromatic rings. The lowest BCUT2D eigenvalue weighted by Gasteiger charge is -1.95. The van der Waals surface area contributed by atoms with Crippen molar-refractivity contribution in [2.45, 2.75) is 6.42 Å². The summed E-state index contributed by atoms with van der Waals surface area (Å²) >= 11 is 0. The van der Waals surface area contributed by atoms with Gasteiger partial charge in [-0.2, -0.15) is 0 Å². The second-order valence-electron chi connectivity index (χ2n) is 1.91. The van der Waals surface area contributed by atoms with Gasteiger partial charge in [0.1, 0.15) is 5.92 Å². The fraction of sp³-hybridized carbons (Fsp3) is 0.600. The Kier molecular flexibility index (Phi) is 1.38. The lowest BCUT2D eigenvalue weighted by molar-refractivity contribution is -0.144. The lowest BCUT2D eigenvalue weighted by Crippen LogP contribution is -2.26. The van der Waals surface area contributed by atoms with Gasteiger partial charge in [0.15, 0.2) is 0 Å². The first-order valence-electron chi connectivity index (χ1n) is 2.68. The Morgan fingerprint density at radius 2 is 2.44 bits per heavy atom. The van der Waals surface area contributed by atoms with Gasteiger partial charge in [-0.1, -0.05) is 0 Å². The first-order valence-corrected chi connectivity index (χ1v) is 2.68. The molecule has 1 amide bonds. The lowest BCUT2D eigenvalue weighted by atomic mass is 10.1. The molecule has 50 valence electrons. The minimum absolute atomic E-state index is 0.326. The molecule has 4 nitrogen and oxygen atoms in total. The van der Waals surface area contributed by atoms with Crippen molar-refractivity contribution in [3.8, 4) is 0 Å². The molecule has 0 aliphatic carbocycles. The first kappa shape index (κ1) is 6.07. The molecule has 0 spiro atoms. The van der Waals surface area contributed by atoms with Crippen LogP contribution < -0.4 is 5.73 Å². The third-order valence-electron chi connectivity index (χ3n) is 1.28. The highest BCUT2D eigenvalue weighted by atomic mass is 16.5. The van der Waals surface area contributed by atoms with Crippen molar-refractivity contribution >= 4 is 11.9 Å². The maximum Gasteiger partial charge on any atom is 0.318 e. The standard InChI is InChI=1S/C5H7NO3/c6-4(7)3-1-2-9-5(3)8/h3H,1-2H2,(H2,6,7)/t3-/m0/s1. The molecule has 0 radical (unpaired) electrons. The zero-order valence-corrected chi connectivity index (χ0v) is 4.79. The van der Waals surface area contributed by atoms with Crippen molar-refractivity contribution in [2.24, 2.45) is 11.7 Å². The summed E-state index contributed by atoms with van der Waals surface area (Å²) in [6, 6.07) is 0. The van der Waals surface area contributed by atoms with Crippen LogP contribution in [0.3, 0.4) is 0 Å². The summed E-state index contributed by atoms with van der Waals surface area (Å²) in [4.78, 5) is 20.8. The second-order valence-corrected chi connectivity index (χ2v) is 1.91. The molecule has 1 saturated heterocycles. The smallest absolute Gasteiger partial charge is 0.318 e. The summed E-state index contributed by atoms with van der Waals surface area (Å²) < 4.78 is 4.49. The van der Waals surface area contributed by atoms with Crippen LogP contribution in [-0.2, 0) is 14.3 Å². The molecule has 0 aromatic carbocycles. The summed E-state index contributed by atoms with van der Waals surface area (Å²) in [5.74, 6) is -1.76. The molecule has 1 fully saturated rings. The molecule has 1 aliphatic heterocycles. The average molecular weight is 129 g/mol. The molecule has 1 heterocycles. The topological polar surface area (TPSA) is 69.4 Å². The van der Waals surface area contributed by atoms with E-state index in [0.29, 0.717) is 13.0 Å². The molecule has 1 aliphatic rings. The van der Waals surface area contributed by atoms with Gasteiger partial charge in [-0.25, -0.2) is 0 Å². The Balaban J connectivity index is 2.60. The number of rotatable bonds is 1. The molecule has 1 rings (SSSR count). The van der Waals surface area contributed by atoms with E-state index in [4.69, 9.17) is 5.73 Å². The summed E-state index contributed by atoms with van der Waals surface area (Å²) in [5.41, 5.74) is 4.85. The Morgan fingerprint density at radius 1 is 1.78 bits per heavy atom. The van der Waals surface area contributed by atoms with Gasteiger partial charge >= 0.3 is 5.97 Å². The quantitative estimate of drug-likeness (QED) is 0.366. The molecule has 0 aromatic heterocycles. The molecule has 1 atom stereocenters. The Hall–Kier alpha value is -1.06. The molecule has 0 unspecified atom stereocenters. The van der Waals surface area contributed by atoms with E-state index in [9.17, 15) is 9.59 Å². The van der Waals surface area contributed by atoms with E-state index < -0.39 is 17.8 Å². The second kappa shape index (κ2) is 2.05. The average Bonchev–Trinajstić information content (AvgIpc) is 2.13. The van der Waals surface area contributed by atoms with Crippen molar-refractivity contribution in [3.63, 3.8) is 0 Å². The van der Waals surface area contributed by atoms with Crippen molar-refractivity contribution < 1.29 is 14.3 Å². The number of carbonyl (C=O) groups excluding carboxylic acids is 2. The zero-order chi connectivity index (χ0) is 6.85. The fourth-order valence-corrected chi connectivity index (χ4v) is 0.754. The molecule has 9 heavy (non-hydrogen) atoms. The Labute approximate surface area is 52.0 Å². The van der Waals surface area contributed by atoms with Crippen molar-refractivity contribution in [1.82, 2.24) is 0 Å². The maximum atomic E-state index is 10.5. The van der Waals surface area contributed by atoms with Crippen LogP contribution in [0, 0.1) is 5.92 Å². The number of hydrogen-bond donors (Lipinski definition) is 1. The largest absolute Gasteiger partial charge is 0.465 e. The van der Waals surface area contributed by atoms with E-state index in [1.165, 1.54) is 0 Å². The fourth-order valence-electron chi connectivity index (χ4n) is 0.754. The first-order chi connectivity index (χ1) is 4.22. The summed E-state index contributed by atoms with van der Waals surface area (Å²) in [6.45, 7) is 0.326.